The summed E-state index contributed by atoms with van der Waals surface area (Å²) >= 11 is 0. The third-order valence-corrected chi connectivity index (χ3v) is 5.82. The van der Waals surface area contributed by atoms with Crippen molar-refractivity contribution in [1.29, 1.82) is 0 Å². The van der Waals surface area contributed by atoms with Gasteiger partial charge in [0.1, 0.15) is 0 Å². The van der Waals surface area contributed by atoms with Crippen LogP contribution in [0.3, 0.4) is 0 Å². The number of fused-ring (bicyclic) bond motifs is 1. The highest BCUT2D eigenvalue weighted by molar-refractivity contribution is 6.02. The molecule has 0 atom stereocenters. The van der Waals surface area contributed by atoms with Crippen molar-refractivity contribution in [3.05, 3.63) is 48.5 Å². The molecule has 0 bridgehead atoms. The molecule has 0 radical (unpaired) electrons. The molecule has 3 heterocycles. The molecule has 7 nitrogen and oxygen atoms in total. The quantitative estimate of drug-likeness (QED) is 0.695. The fourth-order valence-electron chi connectivity index (χ4n) is 4.43. The molecule has 4 N–H and O–H groups in total. The van der Waals surface area contributed by atoms with Crippen molar-refractivity contribution in [2.24, 2.45) is 11.5 Å². The van der Waals surface area contributed by atoms with E-state index >= 15 is 0 Å². The van der Waals surface area contributed by atoms with Gasteiger partial charge in [-0.25, -0.2) is 4.52 Å². The van der Waals surface area contributed by atoms with Crippen molar-refractivity contribution in [2.75, 3.05) is 4.90 Å². The van der Waals surface area contributed by atoms with Crippen LogP contribution in [0.5, 0.6) is 0 Å². The monoisotopic (exact) mass is 392 g/mol. The van der Waals surface area contributed by atoms with Crippen LogP contribution in [0.15, 0.2) is 43.0 Å². The second kappa shape index (κ2) is 7.83. The topological polar surface area (TPSA) is 103 Å². The highest BCUT2D eigenvalue weighted by Gasteiger charge is 2.30. The smallest absolute Gasteiger partial charge is 0.252 e. The molecule has 1 aliphatic carbocycles. The summed E-state index contributed by atoms with van der Waals surface area (Å²) in [5.41, 5.74) is 16.1. The zero-order chi connectivity index (χ0) is 20.5. The van der Waals surface area contributed by atoms with E-state index in [4.69, 9.17) is 11.5 Å². The zero-order valence-electron chi connectivity index (χ0n) is 17.0. The predicted molar refractivity (Wildman–Crippen MR) is 115 cm³/mol. The maximum atomic E-state index is 12.3. The Morgan fingerprint density at radius 2 is 1.97 bits per heavy atom. The average molecular weight is 393 g/mol. The van der Waals surface area contributed by atoms with E-state index in [0.29, 0.717) is 11.6 Å². The summed E-state index contributed by atoms with van der Waals surface area (Å²) in [4.78, 5) is 18.9. The minimum Gasteiger partial charge on any atom is -0.365 e. The number of anilines is 1. The summed E-state index contributed by atoms with van der Waals surface area (Å²) in [6, 6.07) is 6.77. The first kappa shape index (κ1) is 19.4. The third-order valence-electron chi connectivity index (χ3n) is 5.82. The Kier molecular flexibility index (Phi) is 5.24. The van der Waals surface area contributed by atoms with Crippen LogP contribution in [0.4, 0.5) is 5.69 Å². The second-order valence-electron chi connectivity index (χ2n) is 8.14. The Morgan fingerprint density at radius 3 is 2.59 bits per heavy atom. The van der Waals surface area contributed by atoms with Crippen LogP contribution in [-0.2, 0) is 0 Å². The Labute approximate surface area is 170 Å². The first-order valence-corrected chi connectivity index (χ1v) is 10.2. The molecule has 29 heavy (non-hydrogen) atoms. The molecule has 1 saturated carbocycles. The van der Waals surface area contributed by atoms with E-state index in [-0.39, 0.29) is 12.1 Å². The average Bonchev–Trinajstić information content (AvgIpc) is 3.14. The molecule has 1 amide bonds. The van der Waals surface area contributed by atoms with E-state index in [1.165, 1.54) is 0 Å². The summed E-state index contributed by atoms with van der Waals surface area (Å²) in [6.45, 7) is 4.31. The van der Waals surface area contributed by atoms with E-state index in [1.54, 1.807) is 12.4 Å². The molecule has 1 fully saturated rings. The first-order chi connectivity index (χ1) is 14.0. The van der Waals surface area contributed by atoms with Gasteiger partial charge in [0.05, 0.1) is 23.0 Å². The van der Waals surface area contributed by atoms with Gasteiger partial charge in [0.15, 0.2) is 0 Å². The number of hydrogen-bond acceptors (Lipinski definition) is 5. The van der Waals surface area contributed by atoms with Gasteiger partial charge in [0, 0.05) is 47.8 Å². The number of carbonyl (C=O) groups is 1. The SMILES string of the molecule is CC(C)N(c1c(C(N)=O)cnn2cc(-c3cccnc3)cc12)C1CCC(N)CC1. The number of pyridine rings is 1. The summed E-state index contributed by atoms with van der Waals surface area (Å²) < 4.78 is 1.83. The normalized spacial score (nSPS) is 19.6. The van der Waals surface area contributed by atoms with Crippen molar-refractivity contribution in [3.63, 3.8) is 0 Å². The molecule has 0 saturated heterocycles. The minimum atomic E-state index is -0.461. The molecular formula is C22H28N6O. The second-order valence-corrected chi connectivity index (χ2v) is 8.14. The van der Waals surface area contributed by atoms with Crippen molar-refractivity contribution in [1.82, 2.24) is 14.6 Å². The molecule has 7 heteroatoms. The molecule has 3 aromatic rings. The summed E-state index contributed by atoms with van der Waals surface area (Å²) in [7, 11) is 0. The number of carbonyl (C=O) groups excluding carboxylic acids is 1. The maximum absolute atomic E-state index is 12.3. The van der Waals surface area contributed by atoms with Gasteiger partial charge in [-0.15, -0.1) is 0 Å². The summed E-state index contributed by atoms with van der Waals surface area (Å²) in [5.74, 6) is -0.461. The van der Waals surface area contributed by atoms with E-state index in [1.807, 2.05) is 29.0 Å². The van der Waals surface area contributed by atoms with Crippen molar-refractivity contribution in [3.8, 4) is 11.1 Å². The van der Waals surface area contributed by atoms with Crippen LogP contribution in [0, 0.1) is 0 Å². The molecule has 152 valence electrons. The molecule has 0 aliphatic heterocycles. The standard InChI is InChI=1S/C22H28N6O/c1-14(2)28(18-7-5-17(23)6-8-18)21-19(22(24)29)12-26-27-13-16(10-20(21)27)15-4-3-9-25-11-15/h3-4,9-14,17-18H,5-8,23H2,1-2H3,(H2,24,29). The predicted octanol–water partition coefficient (Wildman–Crippen LogP) is 2.98. The summed E-state index contributed by atoms with van der Waals surface area (Å²) in [5, 5.41) is 4.46. The molecule has 3 aromatic heterocycles. The van der Waals surface area contributed by atoms with E-state index in [2.05, 4.69) is 34.9 Å². The van der Waals surface area contributed by atoms with Gasteiger partial charge in [0.25, 0.3) is 5.91 Å². The molecule has 0 unspecified atom stereocenters. The van der Waals surface area contributed by atoms with Crippen LogP contribution in [-0.4, -0.2) is 38.6 Å². The van der Waals surface area contributed by atoms with Gasteiger partial charge in [-0.3, -0.25) is 9.78 Å². The third kappa shape index (κ3) is 3.70. The Morgan fingerprint density at radius 1 is 1.21 bits per heavy atom. The lowest BCUT2D eigenvalue weighted by atomic mass is 9.89. The number of aromatic nitrogens is 3. The number of nitrogens with zero attached hydrogens (tertiary/aromatic N) is 4. The largest absolute Gasteiger partial charge is 0.365 e. The molecule has 1 aliphatic rings. The number of rotatable bonds is 5. The van der Waals surface area contributed by atoms with Gasteiger partial charge in [-0.2, -0.15) is 5.10 Å². The molecule has 4 rings (SSSR count). The van der Waals surface area contributed by atoms with E-state index < -0.39 is 5.91 Å². The lowest BCUT2D eigenvalue weighted by Crippen LogP contribution is -2.45. The molecular weight excluding hydrogens is 364 g/mol. The van der Waals surface area contributed by atoms with Crippen LogP contribution < -0.4 is 16.4 Å². The number of amides is 1. The Bertz CT molecular complexity index is 1000. The van der Waals surface area contributed by atoms with Crippen LogP contribution in [0.2, 0.25) is 0 Å². The number of nitrogens with two attached hydrogens (primary N) is 2. The van der Waals surface area contributed by atoms with Crippen molar-refractivity contribution in [2.45, 2.75) is 57.7 Å². The lowest BCUT2D eigenvalue weighted by molar-refractivity contribution is 0.1000. The van der Waals surface area contributed by atoms with Crippen LogP contribution >= 0.6 is 0 Å². The fraction of sp³-hybridized carbons (Fsp3) is 0.409. The van der Waals surface area contributed by atoms with Gasteiger partial charge in [0.2, 0.25) is 0 Å². The van der Waals surface area contributed by atoms with E-state index in [9.17, 15) is 4.79 Å². The van der Waals surface area contributed by atoms with Crippen molar-refractivity contribution >= 4 is 17.1 Å². The lowest BCUT2D eigenvalue weighted by Gasteiger charge is -2.41. The first-order valence-electron chi connectivity index (χ1n) is 10.2. The number of hydrogen-bond donors (Lipinski definition) is 2. The van der Waals surface area contributed by atoms with E-state index in [0.717, 1.165) is 48.0 Å². The molecule has 0 spiro atoms. The van der Waals surface area contributed by atoms with Gasteiger partial charge >= 0.3 is 0 Å². The van der Waals surface area contributed by atoms with Gasteiger partial charge < -0.3 is 16.4 Å². The zero-order valence-corrected chi connectivity index (χ0v) is 17.0. The maximum Gasteiger partial charge on any atom is 0.252 e. The Balaban J connectivity index is 1.88. The molecule has 0 aromatic carbocycles. The van der Waals surface area contributed by atoms with Crippen LogP contribution in [0.25, 0.3) is 16.6 Å². The highest BCUT2D eigenvalue weighted by atomic mass is 16.1. The van der Waals surface area contributed by atoms with Crippen LogP contribution in [0.1, 0.15) is 49.9 Å². The van der Waals surface area contributed by atoms with Gasteiger partial charge in [-0.05, 0) is 51.7 Å². The number of primary amides is 1. The van der Waals surface area contributed by atoms with Crippen molar-refractivity contribution < 1.29 is 4.79 Å². The summed E-state index contributed by atoms with van der Waals surface area (Å²) in [6.07, 6.45) is 11.1. The highest BCUT2D eigenvalue weighted by Crippen LogP contribution is 2.36. The Hall–Kier alpha value is -2.93. The van der Waals surface area contributed by atoms with Gasteiger partial charge in [-0.1, -0.05) is 6.07 Å². The minimum absolute atomic E-state index is 0.204. The fourth-order valence-corrected chi connectivity index (χ4v) is 4.43.